The minimum Gasteiger partial charge on any atom is -0.464 e. The first-order valence-corrected chi connectivity index (χ1v) is 7.43. The van der Waals surface area contributed by atoms with Crippen molar-refractivity contribution in [1.82, 2.24) is 15.0 Å². The molecular weight excluding hydrogens is 290 g/mol. The first-order valence-electron chi connectivity index (χ1n) is 7.05. The van der Waals surface area contributed by atoms with Gasteiger partial charge in [-0.3, -0.25) is 0 Å². The van der Waals surface area contributed by atoms with E-state index in [4.69, 9.17) is 21.1 Å². The molecule has 0 fully saturated rings. The Bertz CT molecular complexity index is 636. The number of hydrogen-bond donors (Lipinski definition) is 0. The molecule has 0 radical (unpaired) electrons. The third-order valence-corrected chi connectivity index (χ3v) is 3.57. The van der Waals surface area contributed by atoms with Crippen molar-refractivity contribution in [2.45, 2.75) is 32.3 Å². The van der Waals surface area contributed by atoms with E-state index in [2.05, 4.69) is 27.1 Å². The van der Waals surface area contributed by atoms with E-state index < -0.39 is 0 Å². The molecule has 0 amide bonds. The van der Waals surface area contributed by atoms with Gasteiger partial charge in [0.25, 0.3) is 0 Å². The molecule has 0 saturated carbocycles. The Balaban J connectivity index is 1.84. The maximum Gasteiger partial charge on any atom is 0.324 e. The fraction of sp³-hybridized carbons (Fsp3) is 0.400. The van der Waals surface area contributed by atoms with E-state index in [1.807, 2.05) is 19.1 Å². The lowest BCUT2D eigenvalue weighted by molar-refractivity contribution is 0.163. The molecule has 1 aromatic carbocycles. The summed E-state index contributed by atoms with van der Waals surface area (Å²) in [5.74, 6) is 0. The summed E-state index contributed by atoms with van der Waals surface area (Å²) in [5.41, 5.74) is 2.51. The van der Waals surface area contributed by atoms with Crippen molar-refractivity contribution >= 4 is 11.6 Å². The molecule has 1 aliphatic carbocycles. The van der Waals surface area contributed by atoms with Crippen molar-refractivity contribution in [3.05, 3.63) is 40.7 Å². The second kappa shape index (κ2) is 6.26. The maximum atomic E-state index is 5.92. The van der Waals surface area contributed by atoms with Crippen molar-refractivity contribution in [2.75, 3.05) is 6.61 Å². The molecule has 0 aliphatic heterocycles. The number of aromatic nitrogens is 3. The first kappa shape index (κ1) is 14.1. The molecule has 1 aromatic heterocycles. The zero-order valence-electron chi connectivity index (χ0n) is 11.8. The zero-order valence-corrected chi connectivity index (χ0v) is 12.5. The van der Waals surface area contributed by atoms with Crippen LogP contribution in [0.15, 0.2) is 24.3 Å². The number of ether oxygens (including phenoxy) is 2. The van der Waals surface area contributed by atoms with Crippen LogP contribution in [-0.2, 0) is 6.42 Å². The van der Waals surface area contributed by atoms with Gasteiger partial charge in [-0.1, -0.05) is 24.3 Å². The number of aryl methyl sites for hydroxylation is 1. The molecule has 0 spiro atoms. The van der Waals surface area contributed by atoms with E-state index in [0.717, 1.165) is 19.3 Å². The molecule has 110 valence electrons. The summed E-state index contributed by atoms with van der Waals surface area (Å²) in [4.78, 5) is 12.1. The van der Waals surface area contributed by atoms with Crippen molar-refractivity contribution in [1.29, 1.82) is 0 Å². The molecule has 0 bridgehead atoms. The van der Waals surface area contributed by atoms with Crippen LogP contribution in [0.1, 0.15) is 37.0 Å². The highest BCUT2D eigenvalue weighted by Crippen LogP contribution is 2.32. The van der Waals surface area contributed by atoms with Gasteiger partial charge in [-0.15, -0.1) is 4.98 Å². The number of halogens is 1. The zero-order chi connectivity index (χ0) is 14.7. The number of nitrogens with zero attached hydrogens (tertiary/aromatic N) is 3. The van der Waals surface area contributed by atoms with Crippen LogP contribution in [0.5, 0.6) is 12.0 Å². The second-order valence-corrected chi connectivity index (χ2v) is 5.14. The predicted octanol–water partition coefficient (Wildman–Crippen LogP) is 3.38. The summed E-state index contributed by atoms with van der Waals surface area (Å²) < 4.78 is 11.2. The lowest BCUT2D eigenvalue weighted by Crippen LogP contribution is -2.16. The molecule has 0 saturated heterocycles. The quantitative estimate of drug-likeness (QED) is 0.866. The normalized spacial score (nSPS) is 17.1. The largest absolute Gasteiger partial charge is 0.464 e. The second-order valence-electron chi connectivity index (χ2n) is 4.80. The first-order chi connectivity index (χ1) is 10.3. The van der Waals surface area contributed by atoms with Gasteiger partial charge in [0.1, 0.15) is 6.10 Å². The van der Waals surface area contributed by atoms with Crippen LogP contribution in [-0.4, -0.2) is 21.6 Å². The molecular formula is C15H16ClN3O2. The summed E-state index contributed by atoms with van der Waals surface area (Å²) in [6, 6.07) is 8.69. The molecule has 2 aromatic rings. The highest BCUT2D eigenvalue weighted by molar-refractivity contribution is 6.28. The Labute approximate surface area is 128 Å². The summed E-state index contributed by atoms with van der Waals surface area (Å²) >= 11 is 5.88. The molecule has 6 heteroatoms. The minimum absolute atomic E-state index is 0.0529. The van der Waals surface area contributed by atoms with Crippen LogP contribution in [0.3, 0.4) is 0 Å². The fourth-order valence-electron chi connectivity index (χ4n) is 2.52. The van der Waals surface area contributed by atoms with Gasteiger partial charge in [0.2, 0.25) is 5.28 Å². The third kappa shape index (κ3) is 3.24. The minimum atomic E-state index is -0.0529. The molecule has 0 N–H and O–H groups in total. The number of benzene rings is 1. The summed E-state index contributed by atoms with van der Waals surface area (Å²) in [5, 5.41) is 0.0764. The van der Waals surface area contributed by atoms with Crippen molar-refractivity contribution in [3.8, 4) is 12.0 Å². The van der Waals surface area contributed by atoms with Gasteiger partial charge in [0.15, 0.2) is 0 Å². The van der Waals surface area contributed by atoms with E-state index in [9.17, 15) is 0 Å². The van der Waals surface area contributed by atoms with Crippen LogP contribution in [0.4, 0.5) is 0 Å². The number of hydrogen-bond acceptors (Lipinski definition) is 5. The van der Waals surface area contributed by atoms with Crippen LogP contribution in [0.25, 0.3) is 0 Å². The average molecular weight is 306 g/mol. The Morgan fingerprint density at radius 2 is 2.00 bits per heavy atom. The Morgan fingerprint density at radius 1 is 1.19 bits per heavy atom. The number of fused-ring (bicyclic) bond motifs is 1. The fourth-order valence-corrected chi connectivity index (χ4v) is 2.66. The van der Waals surface area contributed by atoms with Gasteiger partial charge >= 0.3 is 12.0 Å². The van der Waals surface area contributed by atoms with E-state index in [0.29, 0.717) is 6.61 Å². The monoisotopic (exact) mass is 305 g/mol. The van der Waals surface area contributed by atoms with Crippen molar-refractivity contribution in [3.63, 3.8) is 0 Å². The SMILES string of the molecule is CCOc1nc(Cl)nc(OC2CCCc3ccccc32)n1. The number of rotatable bonds is 4. The summed E-state index contributed by atoms with van der Waals surface area (Å²) in [6.07, 6.45) is 3.05. The third-order valence-electron chi connectivity index (χ3n) is 3.40. The standard InChI is InChI=1S/C15H16ClN3O2/c1-2-20-14-17-13(16)18-15(19-14)21-12-9-5-7-10-6-3-4-8-11(10)12/h3-4,6,8,12H,2,5,7,9H2,1H3. The Kier molecular flexibility index (Phi) is 4.20. The molecule has 1 unspecified atom stereocenters. The van der Waals surface area contributed by atoms with Crippen molar-refractivity contribution < 1.29 is 9.47 Å². The highest BCUT2D eigenvalue weighted by Gasteiger charge is 2.22. The van der Waals surface area contributed by atoms with Crippen LogP contribution >= 0.6 is 11.6 Å². The Hall–Kier alpha value is -1.88. The van der Waals surface area contributed by atoms with E-state index in [-0.39, 0.29) is 23.4 Å². The molecule has 21 heavy (non-hydrogen) atoms. The van der Waals surface area contributed by atoms with Crippen molar-refractivity contribution in [2.24, 2.45) is 0 Å². The van der Waals surface area contributed by atoms with Gasteiger partial charge < -0.3 is 9.47 Å². The van der Waals surface area contributed by atoms with Crippen LogP contribution in [0, 0.1) is 0 Å². The van der Waals surface area contributed by atoms with E-state index in [1.165, 1.54) is 11.1 Å². The molecule has 5 nitrogen and oxygen atoms in total. The van der Waals surface area contributed by atoms with E-state index in [1.54, 1.807) is 0 Å². The average Bonchev–Trinajstić information content (AvgIpc) is 2.47. The molecule has 1 heterocycles. The topological polar surface area (TPSA) is 57.1 Å². The Morgan fingerprint density at radius 3 is 2.86 bits per heavy atom. The molecule has 3 rings (SSSR count). The van der Waals surface area contributed by atoms with Gasteiger partial charge in [-0.05, 0) is 48.9 Å². The van der Waals surface area contributed by atoms with Gasteiger partial charge in [0, 0.05) is 0 Å². The molecule has 1 aliphatic rings. The van der Waals surface area contributed by atoms with E-state index >= 15 is 0 Å². The summed E-state index contributed by atoms with van der Waals surface area (Å²) in [6.45, 7) is 2.32. The summed E-state index contributed by atoms with van der Waals surface area (Å²) in [7, 11) is 0. The maximum absolute atomic E-state index is 5.92. The highest BCUT2D eigenvalue weighted by atomic mass is 35.5. The predicted molar refractivity (Wildman–Crippen MR) is 78.8 cm³/mol. The van der Waals surface area contributed by atoms with Gasteiger partial charge in [-0.2, -0.15) is 9.97 Å². The van der Waals surface area contributed by atoms with Gasteiger partial charge in [0.05, 0.1) is 6.61 Å². The lowest BCUT2D eigenvalue weighted by atomic mass is 9.89. The molecule has 1 atom stereocenters. The van der Waals surface area contributed by atoms with Gasteiger partial charge in [-0.25, -0.2) is 0 Å². The lowest BCUT2D eigenvalue weighted by Gasteiger charge is -2.25. The van der Waals surface area contributed by atoms with Crippen LogP contribution < -0.4 is 9.47 Å². The smallest absolute Gasteiger partial charge is 0.324 e. The van der Waals surface area contributed by atoms with Crippen LogP contribution in [0.2, 0.25) is 5.28 Å².